The van der Waals surface area contributed by atoms with E-state index in [1.165, 1.54) is 0 Å². The Bertz CT molecular complexity index is 456. The van der Waals surface area contributed by atoms with E-state index in [9.17, 15) is 4.79 Å². The molecule has 1 fully saturated rings. The maximum absolute atomic E-state index is 12.5. The molecular weight excluding hydrogens is 314 g/mol. The first-order chi connectivity index (χ1) is 8.47. The second kappa shape index (κ2) is 5.63. The Morgan fingerprint density at radius 1 is 1.39 bits per heavy atom. The van der Waals surface area contributed by atoms with Crippen LogP contribution < -0.4 is 0 Å². The molecule has 0 saturated carbocycles. The topological polar surface area (TPSA) is 29.5 Å². The van der Waals surface area contributed by atoms with Crippen molar-refractivity contribution in [3.05, 3.63) is 28.2 Å². The summed E-state index contributed by atoms with van der Waals surface area (Å²) in [6.45, 7) is 5.23. The monoisotopic (exact) mass is 329 g/mol. The van der Waals surface area contributed by atoms with Crippen LogP contribution in [0.3, 0.4) is 0 Å². The predicted molar refractivity (Wildman–Crippen MR) is 77.3 cm³/mol. The number of halogens is 1. The van der Waals surface area contributed by atoms with Crippen LogP contribution in [-0.2, 0) is 4.74 Å². The van der Waals surface area contributed by atoms with Crippen LogP contribution in [0.1, 0.15) is 24.2 Å². The number of benzene rings is 1. The highest BCUT2D eigenvalue weighted by Crippen LogP contribution is 2.23. The molecule has 1 saturated heterocycles. The average Bonchev–Trinajstić information content (AvgIpc) is 2.30. The van der Waals surface area contributed by atoms with Gasteiger partial charge in [-0.15, -0.1) is 12.6 Å². The summed E-state index contributed by atoms with van der Waals surface area (Å²) in [4.78, 5) is 15.1. The van der Waals surface area contributed by atoms with Crippen molar-refractivity contribution in [3.63, 3.8) is 0 Å². The predicted octanol–water partition coefficient (Wildman–Crippen LogP) is 2.99. The first kappa shape index (κ1) is 13.9. The Kier molecular flexibility index (Phi) is 4.35. The molecule has 1 aliphatic rings. The van der Waals surface area contributed by atoms with E-state index < -0.39 is 0 Å². The average molecular weight is 330 g/mol. The Balaban J connectivity index is 2.22. The molecule has 1 heterocycles. The van der Waals surface area contributed by atoms with Crippen LogP contribution >= 0.6 is 28.6 Å². The molecule has 3 nitrogen and oxygen atoms in total. The van der Waals surface area contributed by atoms with Gasteiger partial charge in [0, 0.05) is 22.5 Å². The molecule has 0 unspecified atom stereocenters. The number of ether oxygens (including phenoxy) is 1. The highest BCUT2D eigenvalue weighted by Gasteiger charge is 2.27. The number of rotatable bonds is 1. The molecule has 0 radical (unpaired) electrons. The summed E-state index contributed by atoms with van der Waals surface area (Å²) in [5.41, 5.74) is 0.656. The number of hydrogen-bond donors (Lipinski definition) is 1. The minimum atomic E-state index is 0.0276. The third kappa shape index (κ3) is 3.08. The van der Waals surface area contributed by atoms with E-state index in [0.29, 0.717) is 18.7 Å². The van der Waals surface area contributed by atoms with Crippen LogP contribution in [0.2, 0.25) is 0 Å². The Morgan fingerprint density at radius 3 is 2.61 bits per heavy atom. The number of nitrogens with zero attached hydrogens (tertiary/aromatic N) is 1. The first-order valence-corrected chi connectivity index (χ1v) is 7.14. The molecule has 1 aromatic rings. The van der Waals surface area contributed by atoms with Gasteiger partial charge in [0.25, 0.3) is 5.91 Å². The Morgan fingerprint density at radius 2 is 2.00 bits per heavy atom. The lowest BCUT2D eigenvalue weighted by molar-refractivity contribution is -0.0586. The van der Waals surface area contributed by atoms with Gasteiger partial charge in [-0.2, -0.15) is 0 Å². The highest BCUT2D eigenvalue weighted by molar-refractivity contribution is 9.10. The van der Waals surface area contributed by atoms with E-state index in [4.69, 9.17) is 4.74 Å². The molecule has 18 heavy (non-hydrogen) atoms. The van der Waals surface area contributed by atoms with E-state index in [1.807, 2.05) is 30.9 Å². The number of carbonyl (C=O) groups is 1. The Hall–Kier alpha value is -0.520. The second-order valence-electron chi connectivity index (χ2n) is 4.63. The van der Waals surface area contributed by atoms with Gasteiger partial charge in [0.15, 0.2) is 0 Å². The second-order valence-corrected chi connectivity index (χ2v) is 6.00. The smallest absolute Gasteiger partial charge is 0.255 e. The summed E-state index contributed by atoms with van der Waals surface area (Å²) in [7, 11) is 0. The fourth-order valence-electron chi connectivity index (χ4n) is 2.19. The zero-order valence-electron chi connectivity index (χ0n) is 10.4. The molecule has 0 bridgehead atoms. The van der Waals surface area contributed by atoms with Crippen molar-refractivity contribution in [2.75, 3.05) is 13.1 Å². The molecular formula is C13H16BrNO2S. The van der Waals surface area contributed by atoms with E-state index in [2.05, 4.69) is 28.6 Å². The normalized spacial score (nSPS) is 24.1. The molecule has 0 aromatic heterocycles. The summed E-state index contributed by atoms with van der Waals surface area (Å²) in [5.74, 6) is 0.0276. The van der Waals surface area contributed by atoms with Crippen LogP contribution in [0.5, 0.6) is 0 Å². The maximum atomic E-state index is 12.5. The molecule has 0 spiro atoms. The van der Waals surface area contributed by atoms with E-state index in [-0.39, 0.29) is 18.1 Å². The standard InChI is InChI=1S/C13H16BrNO2S/c1-8-6-15(7-9(2)17-8)13(16)11-5-10(18)3-4-12(11)14/h3-5,8-9,18H,6-7H2,1-2H3/t8-,9+. The third-order valence-electron chi connectivity index (χ3n) is 2.89. The lowest BCUT2D eigenvalue weighted by Crippen LogP contribution is -2.48. The molecule has 1 amide bonds. The third-order valence-corrected chi connectivity index (χ3v) is 3.86. The van der Waals surface area contributed by atoms with Gasteiger partial charge >= 0.3 is 0 Å². The molecule has 2 rings (SSSR count). The zero-order chi connectivity index (χ0) is 13.3. The minimum absolute atomic E-state index is 0.0276. The van der Waals surface area contributed by atoms with Gasteiger partial charge in [-0.3, -0.25) is 4.79 Å². The van der Waals surface area contributed by atoms with Gasteiger partial charge < -0.3 is 9.64 Å². The van der Waals surface area contributed by atoms with Gasteiger partial charge in [-0.05, 0) is 48.0 Å². The van der Waals surface area contributed by atoms with Crippen molar-refractivity contribution < 1.29 is 9.53 Å². The van der Waals surface area contributed by atoms with E-state index in [1.54, 1.807) is 6.07 Å². The molecule has 0 aliphatic carbocycles. The van der Waals surface area contributed by atoms with Crippen molar-refractivity contribution in [2.24, 2.45) is 0 Å². The fraction of sp³-hybridized carbons (Fsp3) is 0.462. The number of carbonyl (C=O) groups excluding carboxylic acids is 1. The first-order valence-electron chi connectivity index (χ1n) is 5.90. The molecule has 1 aliphatic heterocycles. The van der Waals surface area contributed by atoms with Crippen LogP contribution in [-0.4, -0.2) is 36.1 Å². The van der Waals surface area contributed by atoms with Crippen LogP contribution in [0.4, 0.5) is 0 Å². The van der Waals surface area contributed by atoms with Crippen molar-refractivity contribution in [3.8, 4) is 0 Å². The minimum Gasteiger partial charge on any atom is -0.372 e. The summed E-state index contributed by atoms with van der Waals surface area (Å²) < 4.78 is 6.44. The van der Waals surface area contributed by atoms with Gasteiger partial charge in [0.1, 0.15) is 0 Å². The SMILES string of the molecule is C[C@@H]1CN(C(=O)c2cc(S)ccc2Br)C[C@H](C)O1. The molecule has 2 atom stereocenters. The summed E-state index contributed by atoms with van der Waals surface area (Å²) >= 11 is 7.69. The van der Waals surface area contributed by atoms with Gasteiger partial charge in [-0.1, -0.05) is 0 Å². The molecule has 0 N–H and O–H groups in total. The van der Waals surface area contributed by atoms with Crippen LogP contribution in [0.25, 0.3) is 0 Å². The molecule has 98 valence electrons. The van der Waals surface area contributed by atoms with E-state index >= 15 is 0 Å². The van der Waals surface area contributed by atoms with Gasteiger partial charge in [0.05, 0.1) is 17.8 Å². The highest BCUT2D eigenvalue weighted by atomic mass is 79.9. The number of amides is 1. The van der Waals surface area contributed by atoms with Crippen molar-refractivity contribution >= 4 is 34.5 Å². The van der Waals surface area contributed by atoms with Gasteiger partial charge in [-0.25, -0.2) is 0 Å². The number of morpholine rings is 1. The van der Waals surface area contributed by atoms with Crippen LogP contribution in [0, 0.1) is 0 Å². The number of hydrogen-bond acceptors (Lipinski definition) is 3. The summed E-state index contributed by atoms with van der Waals surface area (Å²) in [5, 5.41) is 0. The van der Waals surface area contributed by atoms with Crippen LogP contribution in [0.15, 0.2) is 27.6 Å². The fourth-order valence-corrected chi connectivity index (χ4v) is 2.81. The molecule has 1 aromatic carbocycles. The van der Waals surface area contributed by atoms with Crippen molar-refractivity contribution in [1.29, 1.82) is 0 Å². The van der Waals surface area contributed by atoms with Gasteiger partial charge in [0.2, 0.25) is 0 Å². The zero-order valence-corrected chi connectivity index (χ0v) is 12.9. The number of thiol groups is 1. The summed E-state index contributed by atoms with van der Waals surface area (Å²) in [6.07, 6.45) is 0.159. The maximum Gasteiger partial charge on any atom is 0.255 e. The quantitative estimate of drug-likeness (QED) is 0.802. The van der Waals surface area contributed by atoms with E-state index in [0.717, 1.165) is 9.37 Å². The lowest BCUT2D eigenvalue weighted by atomic mass is 10.1. The van der Waals surface area contributed by atoms with Crippen molar-refractivity contribution in [2.45, 2.75) is 31.0 Å². The molecule has 5 heteroatoms. The lowest BCUT2D eigenvalue weighted by Gasteiger charge is -2.35. The Labute approximate surface area is 121 Å². The van der Waals surface area contributed by atoms with Crippen molar-refractivity contribution in [1.82, 2.24) is 4.90 Å². The largest absolute Gasteiger partial charge is 0.372 e. The summed E-state index contributed by atoms with van der Waals surface area (Å²) in [6, 6.07) is 5.50.